The Morgan fingerprint density at radius 1 is 1.11 bits per heavy atom. The topological polar surface area (TPSA) is 66.5 Å². The van der Waals surface area contributed by atoms with Gasteiger partial charge < -0.3 is 4.90 Å². The van der Waals surface area contributed by atoms with Crippen LogP contribution < -0.4 is 4.72 Å². The van der Waals surface area contributed by atoms with Crippen LogP contribution in [0.25, 0.3) is 0 Å². The molecule has 27 heavy (non-hydrogen) atoms. The van der Waals surface area contributed by atoms with Crippen molar-refractivity contribution in [1.29, 1.82) is 0 Å². The Morgan fingerprint density at radius 2 is 1.74 bits per heavy atom. The molecule has 7 heteroatoms. The van der Waals surface area contributed by atoms with Gasteiger partial charge in [-0.1, -0.05) is 59.6 Å². The predicted molar refractivity (Wildman–Crippen MR) is 111 cm³/mol. The van der Waals surface area contributed by atoms with Crippen LogP contribution in [0.1, 0.15) is 25.3 Å². The number of carbonyl (C=O) groups is 1. The van der Waals surface area contributed by atoms with Gasteiger partial charge in [-0.15, -0.1) is 0 Å². The molecule has 146 valence electrons. The van der Waals surface area contributed by atoms with Crippen molar-refractivity contribution in [3.8, 4) is 0 Å². The minimum Gasteiger partial charge on any atom is -0.344 e. The Labute approximate surface area is 170 Å². The lowest BCUT2D eigenvalue weighted by molar-refractivity contribution is -0.131. The summed E-state index contributed by atoms with van der Waals surface area (Å²) in [5, 5.41) is 0. The van der Waals surface area contributed by atoms with E-state index in [0.717, 1.165) is 22.9 Å². The number of sulfonamides is 1. The zero-order chi connectivity index (χ0) is 19.9. The maximum atomic E-state index is 12.9. The molecule has 0 radical (unpaired) electrons. The van der Waals surface area contributed by atoms with Crippen LogP contribution in [0.2, 0.25) is 0 Å². The highest BCUT2D eigenvalue weighted by molar-refractivity contribution is 9.10. The minimum atomic E-state index is -3.81. The molecule has 0 aliphatic heterocycles. The molecule has 5 nitrogen and oxygen atoms in total. The normalized spacial score (nSPS) is 12.6. The van der Waals surface area contributed by atoms with Gasteiger partial charge in [0.15, 0.2) is 0 Å². The number of amides is 1. The molecular formula is C20H25BrN2O3S. The monoisotopic (exact) mass is 452 g/mol. The van der Waals surface area contributed by atoms with Crippen LogP contribution in [-0.4, -0.2) is 38.9 Å². The number of nitrogens with one attached hydrogen (secondary N) is 1. The van der Waals surface area contributed by atoms with Gasteiger partial charge in [0, 0.05) is 18.1 Å². The van der Waals surface area contributed by atoms with E-state index < -0.39 is 16.1 Å². The van der Waals surface area contributed by atoms with Gasteiger partial charge in [0.2, 0.25) is 15.9 Å². The number of benzene rings is 2. The Kier molecular flexibility index (Phi) is 8.01. The van der Waals surface area contributed by atoms with Gasteiger partial charge in [-0.2, -0.15) is 4.72 Å². The molecule has 2 aromatic rings. The summed E-state index contributed by atoms with van der Waals surface area (Å²) in [4.78, 5) is 14.6. The van der Waals surface area contributed by atoms with E-state index in [-0.39, 0.29) is 10.8 Å². The molecule has 0 aliphatic rings. The van der Waals surface area contributed by atoms with Gasteiger partial charge in [0.25, 0.3) is 0 Å². The quantitative estimate of drug-likeness (QED) is 0.631. The van der Waals surface area contributed by atoms with Crippen LogP contribution in [0.15, 0.2) is 64.0 Å². The molecule has 1 N–H and O–H groups in total. The summed E-state index contributed by atoms with van der Waals surface area (Å²) in [6, 6.07) is 14.9. The van der Waals surface area contributed by atoms with Crippen LogP contribution in [0.4, 0.5) is 0 Å². The molecule has 0 bridgehead atoms. The molecule has 0 aliphatic carbocycles. The highest BCUT2D eigenvalue weighted by Gasteiger charge is 2.28. The maximum absolute atomic E-state index is 12.9. The Morgan fingerprint density at radius 3 is 2.33 bits per heavy atom. The summed E-state index contributed by atoms with van der Waals surface area (Å²) in [5.41, 5.74) is 0.901. The van der Waals surface area contributed by atoms with Crippen LogP contribution >= 0.6 is 15.9 Å². The molecule has 0 fully saturated rings. The van der Waals surface area contributed by atoms with Crippen molar-refractivity contribution in [2.45, 2.75) is 37.1 Å². The second kappa shape index (κ2) is 10.0. The van der Waals surface area contributed by atoms with Gasteiger partial charge in [0.1, 0.15) is 6.04 Å². The third kappa shape index (κ3) is 6.45. The molecule has 2 rings (SSSR count). The first-order valence-electron chi connectivity index (χ1n) is 8.90. The zero-order valence-electron chi connectivity index (χ0n) is 15.6. The number of halogens is 1. The molecular weight excluding hydrogens is 428 g/mol. The Balaban J connectivity index is 2.25. The van der Waals surface area contributed by atoms with Crippen molar-refractivity contribution in [1.82, 2.24) is 9.62 Å². The lowest BCUT2D eigenvalue weighted by Crippen LogP contribution is -2.48. The SMILES string of the molecule is CCCCN(C)C(=O)C(Cc1ccccc1)NS(=O)(=O)c1ccc(Br)cc1. The number of carbonyl (C=O) groups excluding carboxylic acids is 1. The molecule has 0 heterocycles. The molecule has 1 atom stereocenters. The molecule has 1 amide bonds. The summed E-state index contributed by atoms with van der Waals surface area (Å²) in [7, 11) is -2.10. The van der Waals surface area contributed by atoms with E-state index in [0.29, 0.717) is 13.0 Å². The predicted octanol–water partition coefficient (Wildman–Crippen LogP) is 3.60. The fourth-order valence-corrected chi connectivity index (χ4v) is 4.12. The second-order valence-corrected chi connectivity index (χ2v) is 9.06. The van der Waals surface area contributed by atoms with E-state index in [4.69, 9.17) is 0 Å². The van der Waals surface area contributed by atoms with Crippen molar-refractivity contribution in [3.63, 3.8) is 0 Å². The third-order valence-corrected chi connectivity index (χ3v) is 6.24. The van der Waals surface area contributed by atoms with Crippen molar-refractivity contribution in [2.75, 3.05) is 13.6 Å². The van der Waals surface area contributed by atoms with E-state index in [1.54, 1.807) is 24.1 Å². The Bertz CT molecular complexity index is 839. The molecule has 0 saturated carbocycles. The van der Waals surface area contributed by atoms with Crippen molar-refractivity contribution < 1.29 is 13.2 Å². The molecule has 2 aromatic carbocycles. The second-order valence-electron chi connectivity index (χ2n) is 6.43. The fraction of sp³-hybridized carbons (Fsp3) is 0.350. The van der Waals surface area contributed by atoms with Crippen molar-refractivity contribution >= 4 is 31.9 Å². The molecule has 0 spiro atoms. The highest BCUT2D eigenvalue weighted by atomic mass is 79.9. The van der Waals surface area contributed by atoms with Gasteiger partial charge in [-0.25, -0.2) is 8.42 Å². The molecule has 1 unspecified atom stereocenters. The summed E-state index contributed by atoms with van der Waals surface area (Å²) in [6.45, 7) is 2.65. The average Bonchev–Trinajstić information content (AvgIpc) is 2.66. The zero-order valence-corrected chi connectivity index (χ0v) is 18.0. The number of nitrogens with zero attached hydrogens (tertiary/aromatic N) is 1. The van der Waals surface area contributed by atoms with Gasteiger partial charge in [0.05, 0.1) is 4.90 Å². The van der Waals surface area contributed by atoms with Crippen molar-refractivity contribution in [3.05, 3.63) is 64.6 Å². The van der Waals surface area contributed by atoms with Crippen molar-refractivity contribution in [2.24, 2.45) is 0 Å². The summed E-state index contributed by atoms with van der Waals surface area (Å²) in [5.74, 6) is -0.229. The standard InChI is InChI=1S/C20H25BrN2O3S/c1-3-4-14-23(2)20(24)19(15-16-8-6-5-7-9-16)22-27(25,26)18-12-10-17(21)11-13-18/h5-13,19,22H,3-4,14-15H2,1-2H3. The summed E-state index contributed by atoms with van der Waals surface area (Å²) in [6.07, 6.45) is 2.14. The van der Waals surface area contributed by atoms with Gasteiger partial charge >= 0.3 is 0 Å². The van der Waals surface area contributed by atoms with Gasteiger partial charge in [-0.3, -0.25) is 4.79 Å². The van der Waals surface area contributed by atoms with E-state index in [9.17, 15) is 13.2 Å². The fourth-order valence-electron chi connectivity index (χ4n) is 2.67. The third-order valence-electron chi connectivity index (χ3n) is 4.23. The Hall–Kier alpha value is -1.70. The summed E-state index contributed by atoms with van der Waals surface area (Å²) < 4.78 is 29.0. The maximum Gasteiger partial charge on any atom is 0.241 e. The van der Waals surface area contributed by atoms with E-state index in [2.05, 4.69) is 27.6 Å². The first-order chi connectivity index (χ1) is 12.8. The van der Waals surface area contributed by atoms with E-state index >= 15 is 0 Å². The summed E-state index contributed by atoms with van der Waals surface area (Å²) >= 11 is 3.30. The number of rotatable bonds is 9. The van der Waals surface area contributed by atoms with Gasteiger partial charge in [-0.05, 0) is 42.7 Å². The van der Waals surface area contributed by atoms with Crippen LogP contribution in [0.5, 0.6) is 0 Å². The minimum absolute atomic E-state index is 0.132. The number of hydrogen-bond donors (Lipinski definition) is 1. The molecule has 0 saturated heterocycles. The number of likely N-dealkylation sites (N-methyl/N-ethyl adjacent to an activating group) is 1. The number of hydrogen-bond acceptors (Lipinski definition) is 3. The number of unbranched alkanes of at least 4 members (excludes halogenated alkanes) is 1. The van der Waals surface area contributed by atoms with E-state index in [1.165, 1.54) is 12.1 Å². The molecule has 0 aromatic heterocycles. The smallest absolute Gasteiger partial charge is 0.241 e. The van der Waals surface area contributed by atoms with E-state index in [1.807, 2.05) is 30.3 Å². The lowest BCUT2D eigenvalue weighted by atomic mass is 10.1. The first kappa shape index (κ1) is 21.6. The largest absolute Gasteiger partial charge is 0.344 e. The highest BCUT2D eigenvalue weighted by Crippen LogP contribution is 2.16. The first-order valence-corrected chi connectivity index (χ1v) is 11.2. The van der Waals surface area contributed by atoms with Crippen LogP contribution in [0.3, 0.4) is 0 Å². The van der Waals surface area contributed by atoms with Crippen LogP contribution in [-0.2, 0) is 21.2 Å². The van der Waals surface area contributed by atoms with Crippen LogP contribution in [0, 0.1) is 0 Å². The lowest BCUT2D eigenvalue weighted by Gasteiger charge is -2.24. The average molecular weight is 453 g/mol.